The van der Waals surface area contributed by atoms with E-state index in [2.05, 4.69) is 6.58 Å². The number of fused-ring (bicyclic) bond motifs is 1. The molecule has 22 heavy (non-hydrogen) atoms. The van der Waals surface area contributed by atoms with Crippen molar-refractivity contribution < 1.29 is 19.1 Å². The molecule has 0 fully saturated rings. The predicted octanol–water partition coefficient (Wildman–Crippen LogP) is 3.53. The largest absolute Gasteiger partial charge is 0.455 e. The van der Waals surface area contributed by atoms with E-state index < -0.39 is 12.1 Å². The topological polar surface area (TPSA) is 52.6 Å². The van der Waals surface area contributed by atoms with Gasteiger partial charge in [-0.25, -0.2) is 4.79 Å². The van der Waals surface area contributed by atoms with Crippen LogP contribution in [0.4, 0.5) is 0 Å². The van der Waals surface area contributed by atoms with E-state index in [-0.39, 0.29) is 19.0 Å². The maximum absolute atomic E-state index is 12.3. The Balaban J connectivity index is 2.01. The van der Waals surface area contributed by atoms with E-state index in [0.29, 0.717) is 4.88 Å². The van der Waals surface area contributed by atoms with E-state index in [1.165, 1.54) is 11.3 Å². The first-order valence-corrected chi connectivity index (χ1v) is 7.76. The van der Waals surface area contributed by atoms with Crippen molar-refractivity contribution in [3.05, 3.63) is 47.4 Å². The molecule has 2 rings (SSSR count). The molecule has 1 aromatic carbocycles. The van der Waals surface area contributed by atoms with Crippen molar-refractivity contribution >= 4 is 33.2 Å². The Morgan fingerprint density at radius 3 is 2.77 bits per heavy atom. The summed E-state index contributed by atoms with van der Waals surface area (Å²) in [6, 6.07) is 7.83. The number of Topliss-reactive ketones (excluding diaryl/α,β-unsaturated/α-hetero) is 1. The number of thiophene rings is 1. The number of aryl methyl sites for hydroxylation is 1. The zero-order chi connectivity index (χ0) is 16.1. The SMILES string of the molecule is C=CCOC(C)C(=O)OCC(=O)c1sc2ccccc2c1C. The molecule has 1 atom stereocenters. The van der Waals surface area contributed by atoms with Crippen molar-refractivity contribution in [1.82, 2.24) is 0 Å². The summed E-state index contributed by atoms with van der Waals surface area (Å²) in [4.78, 5) is 24.6. The molecule has 2 aromatic rings. The molecular weight excluding hydrogens is 300 g/mol. The molecule has 0 aliphatic heterocycles. The Kier molecular flexibility index (Phi) is 5.46. The van der Waals surface area contributed by atoms with Crippen molar-refractivity contribution in [2.75, 3.05) is 13.2 Å². The quantitative estimate of drug-likeness (QED) is 0.445. The molecule has 1 unspecified atom stereocenters. The number of ketones is 1. The zero-order valence-electron chi connectivity index (χ0n) is 12.6. The molecule has 0 N–H and O–H groups in total. The lowest BCUT2D eigenvalue weighted by Crippen LogP contribution is -2.25. The second kappa shape index (κ2) is 7.33. The number of carbonyl (C=O) groups is 2. The molecule has 0 radical (unpaired) electrons. The minimum absolute atomic E-state index is 0.192. The third-order valence-electron chi connectivity index (χ3n) is 3.24. The number of benzene rings is 1. The van der Waals surface area contributed by atoms with Crippen LogP contribution in [0.25, 0.3) is 10.1 Å². The van der Waals surface area contributed by atoms with Crippen LogP contribution in [0.15, 0.2) is 36.9 Å². The summed E-state index contributed by atoms with van der Waals surface area (Å²) in [5.74, 6) is -0.739. The molecule has 0 aliphatic rings. The fraction of sp³-hybridized carbons (Fsp3) is 0.294. The second-order valence-corrected chi connectivity index (χ2v) is 5.90. The molecular formula is C17H18O4S. The molecule has 4 nitrogen and oxygen atoms in total. The van der Waals surface area contributed by atoms with Crippen LogP contribution in [0.2, 0.25) is 0 Å². The van der Waals surface area contributed by atoms with Crippen LogP contribution in [0, 0.1) is 6.92 Å². The summed E-state index contributed by atoms with van der Waals surface area (Å²) < 4.78 is 11.2. The normalized spacial score (nSPS) is 12.1. The Bertz CT molecular complexity index is 702. The van der Waals surface area contributed by atoms with Crippen LogP contribution >= 0.6 is 11.3 Å². The van der Waals surface area contributed by atoms with Gasteiger partial charge in [-0.05, 0) is 30.9 Å². The third-order valence-corrected chi connectivity index (χ3v) is 4.55. The zero-order valence-corrected chi connectivity index (χ0v) is 13.4. The summed E-state index contributed by atoms with van der Waals surface area (Å²) in [5.41, 5.74) is 0.928. The van der Waals surface area contributed by atoms with Crippen molar-refractivity contribution in [1.29, 1.82) is 0 Å². The van der Waals surface area contributed by atoms with Gasteiger partial charge >= 0.3 is 5.97 Å². The first-order chi connectivity index (χ1) is 10.5. The summed E-state index contributed by atoms with van der Waals surface area (Å²) in [6.07, 6.45) is 0.837. The highest BCUT2D eigenvalue weighted by Crippen LogP contribution is 2.30. The van der Waals surface area contributed by atoms with Crippen LogP contribution < -0.4 is 0 Å². The van der Waals surface area contributed by atoms with E-state index in [1.807, 2.05) is 31.2 Å². The fourth-order valence-electron chi connectivity index (χ4n) is 2.04. The molecule has 0 bridgehead atoms. The van der Waals surface area contributed by atoms with E-state index in [4.69, 9.17) is 9.47 Å². The second-order valence-electron chi connectivity index (χ2n) is 4.85. The van der Waals surface area contributed by atoms with Crippen LogP contribution in [-0.4, -0.2) is 31.1 Å². The summed E-state index contributed by atoms with van der Waals surface area (Å²) >= 11 is 1.42. The van der Waals surface area contributed by atoms with Crippen LogP contribution in [0.1, 0.15) is 22.2 Å². The number of esters is 1. The molecule has 1 aromatic heterocycles. The number of carbonyl (C=O) groups excluding carboxylic acids is 2. The van der Waals surface area contributed by atoms with Crippen molar-refractivity contribution in [3.63, 3.8) is 0 Å². The molecule has 1 heterocycles. The lowest BCUT2D eigenvalue weighted by Gasteiger charge is -2.10. The smallest absolute Gasteiger partial charge is 0.335 e. The van der Waals surface area contributed by atoms with Gasteiger partial charge in [0.2, 0.25) is 5.78 Å². The number of hydrogen-bond donors (Lipinski definition) is 0. The molecule has 0 saturated carbocycles. The van der Waals surface area contributed by atoms with Crippen LogP contribution in [0.5, 0.6) is 0 Å². The molecule has 0 amide bonds. The molecule has 0 spiro atoms. The van der Waals surface area contributed by atoms with Gasteiger partial charge in [0.05, 0.1) is 11.5 Å². The number of hydrogen-bond acceptors (Lipinski definition) is 5. The minimum atomic E-state index is -0.714. The van der Waals surface area contributed by atoms with Gasteiger partial charge in [-0.15, -0.1) is 17.9 Å². The van der Waals surface area contributed by atoms with Crippen molar-refractivity contribution in [3.8, 4) is 0 Å². The van der Waals surface area contributed by atoms with Gasteiger partial charge in [0.25, 0.3) is 0 Å². The average molecular weight is 318 g/mol. The third kappa shape index (κ3) is 3.61. The Labute approximate surface area is 133 Å². The Hall–Kier alpha value is -1.98. The average Bonchev–Trinajstić information content (AvgIpc) is 2.87. The van der Waals surface area contributed by atoms with Gasteiger partial charge in [0.15, 0.2) is 12.7 Å². The van der Waals surface area contributed by atoms with Crippen LogP contribution in [-0.2, 0) is 14.3 Å². The Morgan fingerprint density at radius 2 is 2.09 bits per heavy atom. The summed E-state index contributed by atoms with van der Waals surface area (Å²) in [6.45, 7) is 6.99. The highest BCUT2D eigenvalue weighted by molar-refractivity contribution is 7.21. The fourth-order valence-corrected chi connectivity index (χ4v) is 3.17. The molecule has 116 valence electrons. The van der Waals surface area contributed by atoms with E-state index >= 15 is 0 Å². The van der Waals surface area contributed by atoms with Gasteiger partial charge in [-0.1, -0.05) is 24.3 Å². The lowest BCUT2D eigenvalue weighted by molar-refractivity contribution is -0.154. The van der Waals surface area contributed by atoms with Gasteiger partial charge in [-0.3, -0.25) is 4.79 Å². The van der Waals surface area contributed by atoms with E-state index in [9.17, 15) is 9.59 Å². The van der Waals surface area contributed by atoms with Crippen LogP contribution in [0.3, 0.4) is 0 Å². The number of ether oxygens (including phenoxy) is 2. The van der Waals surface area contributed by atoms with E-state index in [1.54, 1.807) is 13.0 Å². The summed E-state index contributed by atoms with van der Waals surface area (Å²) in [7, 11) is 0. The number of rotatable bonds is 7. The van der Waals surface area contributed by atoms with Gasteiger partial charge in [0.1, 0.15) is 0 Å². The summed E-state index contributed by atoms with van der Waals surface area (Å²) in [5, 5.41) is 1.06. The van der Waals surface area contributed by atoms with Gasteiger partial charge in [0, 0.05) is 4.70 Å². The highest BCUT2D eigenvalue weighted by Gasteiger charge is 2.19. The Morgan fingerprint density at radius 1 is 1.36 bits per heavy atom. The first kappa shape index (κ1) is 16.4. The van der Waals surface area contributed by atoms with Gasteiger partial charge < -0.3 is 9.47 Å². The van der Waals surface area contributed by atoms with Crippen molar-refractivity contribution in [2.24, 2.45) is 0 Å². The minimum Gasteiger partial charge on any atom is -0.455 e. The highest BCUT2D eigenvalue weighted by atomic mass is 32.1. The lowest BCUT2D eigenvalue weighted by atomic mass is 10.1. The van der Waals surface area contributed by atoms with Crippen molar-refractivity contribution in [2.45, 2.75) is 20.0 Å². The van der Waals surface area contributed by atoms with Gasteiger partial charge in [-0.2, -0.15) is 0 Å². The maximum atomic E-state index is 12.3. The first-order valence-electron chi connectivity index (χ1n) is 6.95. The standard InChI is InChI=1S/C17H18O4S/c1-4-9-20-12(3)17(19)21-10-14(18)16-11(2)13-7-5-6-8-15(13)22-16/h4-8,12H,1,9-10H2,2-3H3. The predicted molar refractivity (Wildman–Crippen MR) is 87.5 cm³/mol. The monoisotopic (exact) mass is 318 g/mol. The maximum Gasteiger partial charge on any atom is 0.335 e. The molecule has 0 saturated heterocycles. The molecule has 0 aliphatic carbocycles. The molecule has 5 heteroatoms. The van der Waals surface area contributed by atoms with E-state index in [0.717, 1.165) is 15.6 Å².